The van der Waals surface area contributed by atoms with Crippen molar-refractivity contribution >= 4 is 28.8 Å². The Balaban J connectivity index is 1.80. The molecule has 3 aromatic rings. The van der Waals surface area contributed by atoms with Crippen LogP contribution >= 0.6 is 0 Å². The number of ether oxygens (including phenoxy) is 1. The first-order valence-corrected chi connectivity index (χ1v) is 12.4. The van der Waals surface area contributed by atoms with Gasteiger partial charge in [0.1, 0.15) is 5.82 Å². The molecule has 0 saturated heterocycles. The normalized spacial score (nSPS) is 15.8. The number of nitrogens with zero attached hydrogens (tertiary/aromatic N) is 3. The van der Waals surface area contributed by atoms with Crippen molar-refractivity contribution in [2.24, 2.45) is 5.92 Å². The Kier molecular flexibility index (Phi) is 7.52. The Morgan fingerprint density at radius 2 is 1.83 bits per heavy atom. The number of fused-ring (bicyclic) bond motifs is 1. The van der Waals surface area contributed by atoms with Gasteiger partial charge in [-0.05, 0) is 57.0 Å². The van der Waals surface area contributed by atoms with E-state index < -0.39 is 17.9 Å². The van der Waals surface area contributed by atoms with Crippen molar-refractivity contribution in [1.29, 1.82) is 0 Å². The molecule has 8 heteroatoms. The van der Waals surface area contributed by atoms with Crippen LogP contribution in [0.1, 0.15) is 57.8 Å². The molecule has 0 bridgehead atoms. The molecule has 0 radical (unpaired) electrons. The Bertz CT molecular complexity index is 1350. The second kappa shape index (κ2) is 10.8. The molecule has 188 valence electrons. The number of aliphatic carboxylic acids is 1. The van der Waals surface area contributed by atoms with E-state index in [2.05, 4.69) is 22.2 Å². The van der Waals surface area contributed by atoms with E-state index >= 15 is 0 Å². The van der Waals surface area contributed by atoms with Crippen LogP contribution < -0.4 is 5.32 Å². The SMILES string of the molecule is CCCCCC1C(C(=O)O)=C(C)NC(c2ccc(-n3c(C)nc4ncccc43)cc2)=C1C(=O)OCC. The molecule has 3 heterocycles. The highest BCUT2D eigenvalue weighted by molar-refractivity contribution is 6.03. The van der Waals surface area contributed by atoms with Crippen molar-refractivity contribution in [3.05, 3.63) is 70.8 Å². The van der Waals surface area contributed by atoms with E-state index in [4.69, 9.17) is 4.74 Å². The summed E-state index contributed by atoms with van der Waals surface area (Å²) >= 11 is 0. The number of allylic oxidation sites excluding steroid dienone is 1. The summed E-state index contributed by atoms with van der Waals surface area (Å²) in [7, 11) is 0. The maximum absolute atomic E-state index is 13.2. The van der Waals surface area contributed by atoms with Gasteiger partial charge >= 0.3 is 11.9 Å². The molecule has 0 fully saturated rings. The molecule has 8 nitrogen and oxygen atoms in total. The maximum Gasteiger partial charge on any atom is 0.336 e. The summed E-state index contributed by atoms with van der Waals surface area (Å²) in [5.74, 6) is -1.23. The summed E-state index contributed by atoms with van der Waals surface area (Å²) < 4.78 is 7.44. The number of carbonyl (C=O) groups excluding carboxylic acids is 1. The number of aryl methyl sites for hydroxylation is 1. The first-order valence-electron chi connectivity index (χ1n) is 12.4. The number of dihydropyridines is 1. The fraction of sp³-hybridized carbons (Fsp3) is 0.357. The number of hydrogen-bond acceptors (Lipinski definition) is 6. The highest BCUT2D eigenvalue weighted by atomic mass is 16.5. The molecule has 1 aliphatic heterocycles. The quantitative estimate of drug-likeness (QED) is 0.316. The number of aromatic nitrogens is 3. The van der Waals surface area contributed by atoms with E-state index in [1.165, 1.54) is 0 Å². The first kappa shape index (κ1) is 25.2. The molecular weight excluding hydrogens is 456 g/mol. The molecule has 2 aromatic heterocycles. The van der Waals surface area contributed by atoms with Crippen LogP contribution in [0.4, 0.5) is 0 Å². The number of esters is 1. The largest absolute Gasteiger partial charge is 0.478 e. The number of unbranched alkanes of at least 4 members (excludes halogenated alkanes) is 2. The van der Waals surface area contributed by atoms with Crippen LogP contribution in [0.2, 0.25) is 0 Å². The smallest absolute Gasteiger partial charge is 0.336 e. The van der Waals surface area contributed by atoms with Gasteiger partial charge in [-0.1, -0.05) is 38.3 Å². The van der Waals surface area contributed by atoms with Gasteiger partial charge in [0.2, 0.25) is 0 Å². The number of pyridine rings is 1. The lowest BCUT2D eigenvalue weighted by Crippen LogP contribution is -2.33. The van der Waals surface area contributed by atoms with Gasteiger partial charge in [-0.2, -0.15) is 0 Å². The lowest BCUT2D eigenvalue weighted by Gasteiger charge is -2.31. The van der Waals surface area contributed by atoms with Gasteiger partial charge in [0.25, 0.3) is 0 Å². The third-order valence-electron chi connectivity index (χ3n) is 6.52. The van der Waals surface area contributed by atoms with Gasteiger partial charge in [-0.25, -0.2) is 19.6 Å². The van der Waals surface area contributed by atoms with Crippen LogP contribution in [0.15, 0.2) is 59.4 Å². The molecule has 0 saturated carbocycles. The highest BCUT2D eigenvalue weighted by Crippen LogP contribution is 2.38. The van der Waals surface area contributed by atoms with Gasteiger partial charge in [-0.15, -0.1) is 0 Å². The van der Waals surface area contributed by atoms with E-state index in [0.29, 0.717) is 29.0 Å². The minimum absolute atomic E-state index is 0.211. The van der Waals surface area contributed by atoms with Crippen molar-refractivity contribution in [3.8, 4) is 5.69 Å². The molecule has 0 aliphatic carbocycles. The fourth-order valence-corrected chi connectivity index (χ4v) is 4.91. The lowest BCUT2D eigenvalue weighted by atomic mass is 9.80. The second-order valence-electron chi connectivity index (χ2n) is 8.91. The van der Waals surface area contributed by atoms with Crippen LogP contribution in [0.25, 0.3) is 22.5 Å². The summed E-state index contributed by atoms with van der Waals surface area (Å²) in [6, 6.07) is 11.6. The van der Waals surface area contributed by atoms with Crippen LogP contribution in [-0.4, -0.2) is 38.2 Å². The minimum atomic E-state index is -1.02. The van der Waals surface area contributed by atoms with Crippen LogP contribution in [0.3, 0.4) is 0 Å². The lowest BCUT2D eigenvalue weighted by molar-refractivity contribution is -0.139. The Morgan fingerprint density at radius 1 is 1.08 bits per heavy atom. The van der Waals surface area contributed by atoms with Crippen LogP contribution in [0.5, 0.6) is 0 Å². The van der Waals surface area contributed by atoms with E-state index in [0.717, 1.165) is 41.9 Å². The van der Waals surface area contributed by atoms with Crippen molar-refractivity contribution in [2.45, 2.75) is 53.4 Å². The average Bonchev–Trinajstić information content (AvgIpc) is 3.19. The Morgan fingerprint density at radius 3 is 2.50 bits per heavy atom. The van der Waals surface area contributed by atoms with E-state index in [-0.39, 0.29) is 12.2 Å². The van der Waals surface area contributed by atoms with Crippen LogP contribution in [-0.2, 0) is 14.3 Å². The number of imidazole rings is 1. The van der Waals surface area contributed by atoms with Crippen LogP contribution in [0, 0.1) is 12.8 Å². The zero-order chi connectivity index (χ0) is 25.8. The maximum atomic E-state index is 13.2. The summed E-state index contributed by atoms with van der Waals surface area (Å²) in [4.78, 5) is 34.3. The average molecular weight is 489 g/mol. The van der Waals surface area contributed by atoms with Crippen molar-refractivity contribution in [2.75, 3.05) is 6.61 Å². The fourth-order valence-electron chi connectivity index (χ4n) is 4.91. The summed E-state index contributed by atoms with van der Waals surface area (Å²) in [5, 5.41) is 13.2. The number of benzene rings is 1. The Hall–Kier alpha value is -3.94. The monoisotopic (exact) mass is 488 g/mol. The number of nitrogens with one attached hydrogen (secondary N) is 1. The standard InChI is InChI=1S/C28H32N4O4/c1-5-7-8-10-21-23(27(33)34)17(3)30-25(24(21)28(35)36-6-2)19-12-14-20(15-13-19)32-18(4)31-26-22(32)11-9-16-29-26/h9,11-16,21,30H,5-8,10H2,1-4H3,(H,33,34). The third-order valence-corrected chi connectivity index (χ3v) is 6.52. The summed E-state index contributed by atoms with van der Waals surface area (Å²) in [6.07, 6.45) is 5.07. The third kappa shape index (κ3) is 4.76. The number of carboxylic acids is 1. The molecule has 2 N–H and O–H groups in total. The number of carbonyl (C=O) groups is 2. The molecular formula is C28H32N4O4. The summed E-state index contributed by atoms with van der Waals surface area (Å²) in [5.41, 5.74) is 5.02. The molecule has 1 atom stereocenters. The topological polar surface area (TPSA) is 106 Å². The predicted octanol–water partition coefficient (Wildman–Crippen LogP) is 5.16. The molecule has 36 heavy (non-hydrogen) atoms. The van der Waals surface area contributed by atoms with Crippen molar-refractivity contribution in [1.82, 2.24) is 19.9 Å². The van der Waals surface area contributed by atoms with Gasteiger partial charge < -0.3 is 15.2 Å². The second-order valence-corrected chi connectivity index (χ2v) is 8.91. The number of hydrogen-bond donors (Lipinski definition) is 2. The van der Waals surface area contributed by atoms with Gasteiger partial charge in [-0.3, -0.25) is 4.57 Å². The first-order chi connectivity index (χ1) is 17.4. The van der Waals surface area contributed by atoms with E-state index in [9.17, 15) is 14.7 Å². The van der Waals surface area contributed by atoms with Crippen molar-refractivity contribution < 1.29 is 19.4 Å². The predicted molar refractivity (Wildman–Crippen MR) is 138 cm³/mol. The van der Waals surface area contributed by atoms with Gasteiger partial charge in [0, 0.05) is 23.5 Å². The molecule has 1 unspecified atom stereocenters. The van der Waals surface area contributed by atoms with Gasteiger partial charge in [0.15, 0.2) is 5.65 Å². The Labute approximate surface area is 210 Å². The molecule has 0 spiro atoms. The summed E-state index contributed by atoms with van der Waals surface area (Å²) in [6.45, 7) is 7.74. The number of rotatable bonds is 9. The van der Waals surface area contributed by atoms with E-state index in [1.807, 2.05) is 47.9 Å². The minimum Gasteiger partial charge on any atom is -0.478 e. The molecule has 4 rings (SSSR count). The van der Waals surface area contributed by atoms with Crippen molar-refractivity contribution in [3.63, 3.8) is 0 Å². The number of carboxylic acid groups (broad SMARTS) is 1. The molecule has 1 aliphatic rings. The van der Waals surface area contributed by atoms with E-state index in [1.54, 1.807) is 20.0 Å². The molecule has 0 amide bonds. The molecule has 1 aromatic carbocycles. The zero-order valence-corrected chi connectivity index (χ0v) is 21.2. The zero-order valence-electron chi connectivity index (χ0n) is 21.2. The highest BCUT2D eigenvalue weighted by Gasteiger charge is 2.37. The van der Waals surface area contributed by atoms with Gasteiger partial charge in [0.05, 0.1) is 29.0 Å².